The van der Waals surface area contributed by atoms with Crippen molar-refractivity contribution in [3.63, 3.8) is 0 Å². The van der Waals surface area contributed by atoms with Gasteiger partial charge in [-0.05, 0) is 25.0 Å². The summed E-state index contributed by atoms with van der Waals surface area (Å²) < 4.78 is 5.56. The molecular formula is C12H17N3O3. The molecule has 0 radical (unpaired) electrons. The molecule has 0 bridgehead atoms. The molecule has 1 atom stereocenters. The van der Waals surface area contributed by atoms with Crippen LogP contribution in [0.1, 0.15) is 12.8 Å². The molecule has 0 amide bonds. The first kappa shape index (κ1) is 12.6. The molecule has 18 heavy (non-hydrogen) atoms. The Morgan fingerprint density at radius 1 is 1.61 bits per heavy atom. The molecule has 6 nitrogen and oxygen atoms in total. The van der Waals surface area contributed by atoms with E-state index in [1.54, 1.807) is 12.1 Å². The first-order valence-electron chi connectivity index (χ1n) is 5.94. The maximum absolute atomic E-state index is 10.7. The van der Waals surface area contributed by atoms with Crippen molar-refractivity contribution in [2.24, 2.45) is 0 Å². The topological polar surface area (TPSA) is 81.6 Å². The summed E-state index contributed by atoms with van der Waals surface area (Å²) in [6.07, 6.45) is 2.40. The van der Waals surface area contributed by atoms with Crippen LogP contribution in [-0.2, 0) is 4.74 Å². The van der Waals surface area contributed by atoms with Crippen molar-refractivity contribution in [3.05, 3.63) is 28.3 Å². The quantitative estimate of drug-likeness (QED) is 0.501. The Hall–Kier alpha value is -1.82. The molecule has 1 aromatic carbocycles. The number of nitrogens with two attached hydrogens (primary N) is 1. The number of hydrogen-bond acceptors (Lipinski definition) is 5. The molecule has 0 saturated carbocycles. The van der Waals surface area contributed by atoms with Gasteiger partial charge in [-0.25, -0.2) is 0 Å². The Bertz CT molecular complexity index is 444. The van der Waals surface area contributed by atoms with E-state index >= 15 is 0 Å². The SMILES string of the molecule is CN(CC1CCCO1)c1ccc([N+](=O)[O-])c(N)c1. The number of likely N-dealkylation sites (N-methyl/N-ethyl adjacent to an activating group) is 1. The highest BCUT2D eigenvalue weighted by Crippen LogP contribution is 2.27. The largest absolute Gasteiger partial charge is 0.393 e. The van der Waals surface area contributed by atoms with Gasteiger partial charge < -0.3 is 15.4 Å². The molecule has 2 N–H and O–H groups in total. The van der Waals surface area contributed by atoms with Gasteiger partial charge in [0.05, 0.1) is 11.0 Å². The molecule has 1 fully saturated rings. The second kappa shape index (κ2) is 5.22. The molecular weight excluding hydrogens is 234 g/mol. The van der Waals surface area contributed by atoms with E-state index in [9.17, 15) is 10.1 Å². The monoisotopic (exact) mass is 251 g/mol. The summed E-state index contributed by atoms with van der Waals surface area (Å²) in [6.45, 7) is 1.60. The molecule has 1 heterocycles. The number of nitro benzene ring substituents is 1. The standard InChI is InChI=1S/C12H17N3O3/c1-14(8-10-3-2-6-18-10)9-4-5-12(15(16)17)11(13)7-9/h4-5,7,10H,2-3,6,8,13H2,1H3. The van der Waals surface area contributed by atoms with Crippen molar-refractivity contribution in [2.45, 2.75) is 18.9 Å². The highest BCUT2D eigenvalue weighted by molar-refractivity contribution is 5.66. The van der Waals surface area contributed by atoms with Crippen LogP contribution in [0.5, 0.6) is 0 Å². The maximum atomic E-state index is 10.7. The van der Waals surface area contributed by atoms with E-state index in [0.29, 0.717) is 0 Å². The number of anilines is 2. The zero-order chi connectivity index (χ0) is 13.1. The third-order valence-electron chi connectivity index (χ3n) is 3.15. The van der Waals surface area contributed by atoms with Gasteiger partial charge in [-0.2, -0.15) is 0 Å². The van der Waals surface area contributed by atoms with Crippen LogP contribution < -0.4 is 10.6 Å². The van der Waals surface area contributed by atoms with Crippen LogP contribution in [0.3, 0.4) is 0 Å². The van der Waals surface area contributed by atoms with Crippen LogP contribution in [-0.4, -0.2) is 31.2 Å². The van der Waals surface area contributed by atoms with Gasteiger partial charge in [-0.1, -0.05) is 0 Å². The minimum atomic E-state index is -0.473. The minimum absolute atomic E-state index is 0.0516. The summed E-state index contributed by atoms with van der Waals surface area (Å²) in [5, 5.41) is 10.7. The van der Waals surface area contributed by atoms with Crippen LogP contribution in [0, 0.1) is 10.1 Å². The normalized spacial score (nSPS) is 18.8. The number of benzene rings is 1. The van der Waals surface area contributed by atoms with E-state index in [2.05, 4.69) is 0 Å². The van der Waals surface area contributed by atoms with E-state index in [0.717, 1.165) is 31.7 Å². The lowest BCUT2D eigenvalue weighted by Crippen LogP contribution is -2.28. The van der Waals surface area contributed by atoms with Crippen molar-refractivity contribution in [2.75, 3.05) is 30.8 Å². The zero-order valence-electron chi connectivity index (χ0n) is 10.3. The van der Waals surface area contributed by atoms with E-state index in [-0.39, 0.29) is 17.5 Å². The molecule has 1 aromatic rings. The van der Waals surface area contributed by atoms with Crippen LogP contribution in [0.2, 0.25) is 0 Å². The average Bonchev–Trinajstić information content (AvgIpc) is 2.81. The Morgan fingerprint density at radius 2 is 2.39 bits per heavy atom. The van der Waals surface area contributed by atoms with Crippen molar-refractivity contribution >= 4 is 17.1 Å². The van der Waals surface area contributed by atoms with Gasteiger partial charge in [0.25, 0.3) is 5.69 Å². The molecule has 2 rings (SSSR count). The lowest BCUT2D eigenvalue weighted by atomic mass is 10.2. The molecule has 1 unspecified atom stereocenters. The van der Waals surface area contributed by atoms with Crippen molar-refractivity contribution in [1.29, 1.82) is 0 Å². The van der Waals surface area contributed by atoms with Gasteiger partial charge in [0.1, 0.15) is 5.69 Å². The van der Waals surface area contributed by atoms with E-state index < -0.39 is 4.92 Å². The summed E-state index contributed by atoms with van der Waals surface area (Å²) in [5.41, 5.74) is 6.68. The summed E-state index contributed by atoms with van der Waals surface area (Å²) in [5.74, 6) is 0. The molecule has 0 spiro atoms. The average molecular weight is 251 g/mol. The fourth-order valence-electron chi connectivity index (χ4n) is 2.14. The molecule has 1 aliphatic rings. The molecule has 0 aromatic heterocycles. The van der Waals surface area contributed by atoms with Gasteiger partial charge in [0.2, 0.25) is 0 Å². The zero-order valence-corrected chi connectivity index (χ0v) is 10.3. The number of rotatable bonds is 4. The second-order valence-electron chi connectivity index (χ2n) is 4.52. The van der Waals surface area contributed by atoms with Crippen molar-refractivity contribution in [1.82, 2.24) is 0 Å². The number of nitro groups is 1. The van der Waals surface area contributed by atoms with E-state index in [4.69, 9.17) is 10.5 Å². The Labute approximate surface area is 105 Å². The number of nitrogen functional groups attached to an aromatic ring is 1. The smallest absolute Gasteiger partial charge is 0.292 e. The number of nitrogens with zero attached hydrogens (tertiary/aromatic N) is 2. The highest BCUT2D eigenvalue weighted by Gasteiger charge is 2.19. The Balaban J connectivity index is 2.08. The van der Waals surface area contributed by atoms with Gasteiger partial charge in [-0.15, -0.1) is 0 Å². The van der Waals surface area contributed by atoms with Gasteiger partial charge >= 0.3 is 0 Å². The molecule has 98 valence electrons. The fraction of sp³-hybridized carbons (Fsp3) is 0.500. The van der Waals surface area contributed by atoms with E-state index in [1.807, 2.05) is 11.9 Å². The van der Waals surface area contributed by atoms with Crippen LogP contribution >= 0.6 is 0 Å². The predicted octanol–water partition coefficient (Wildman–Crippen LogP) is 1.79. The molecule has 0 aliphatic carbocycles. The predicted molar refractivity (Wildman–Crippen MR) is 69.8 cm³/mol. The van der Waals surface area contributed by atoms with Crippen molar-refractivity contribution in [3.8, 4) is 0 Å². The molecule has 1 aliphatic heterocycles. The Morgan fingerprint density at radius 3 is 2.94 bits per heavy atom. The Kier molecular flexibility index (Phi) is 3.66. The summed E-state index contributed by atoms with van der Waals surface area (Å²) in [7, 11) is 1.93. The third-order valence-corrected chi connectivity index (χ3v) is 3.15. The number of ether oxygens (including phenoxy) is 1. The maximum Gasteiger partial charge on any atom is 0.292 e. The van der Waals surface area contributed by atoms with E-state index in [1.165, 1.54) is 6.07 Å². The minimum Gasteiger partial charge on any atom is -0.393 e. The first-order valence-corrected chi connectivity index (χ1v) is 5.94. The molecule has 6 heteroatoms. The van der Waals surface area contributed by atoms with Crippen LogP contribution in [0.15, 0.2) is 18.2 Å². The van der Waals surface area contributed by atoms with Crippen LogP contribution in [0.4, 0.5) is 17.1 Å². The van der Waals surface area contributed by atoms with Gasteiger partial charge in [0.15, 0.2) is 0 Å². The summed E-state index contributed by atoms with van der Waals surface area (Å²) >= 11 is 0. The highest BCUT2D eigenvalue weighted by atomic mass is 16.6. The van der Waals surface area contributed by atoms with Gasteiger partial charge in [-0.3, -0.25) is 10.1 Å². The lowest BCUT2D eigenvalue weighted by molar-refractivity contribution is -0.383. The van der Waals surface area contributed by atoms with Gasteiger partial charge in [0, 0.05) is 32.0 Å². The molecule has 1 saturated heterocycles. The summed E-state index contributed by atoms with van der Waals surface area (Å²) in [4.78, 5) is 12.2. The first-order chi connectivity index (χ1) is 8.58. The van der Waals surface area contributed by atoms with Crippen LogP contribution in [0.25, 0.3) is 0 Å². The number of hydrogen-bond donors (Lipinski definition) is 1. The third kappa shape index (κ3) is 2.70. The lowest BCUT2D eigenvalue weighted by Gasteiger charge is -2.22. The fourth-order valence-corrected chi connectivity index (χ4v) is 2.14. The summed E-state index contributed by atoms with van der Waals surface area (Å²) in [6, 6.07) is 4.78. The second-order valence-corrected chi connectivity index (χ2v) is 4.52. The van der Waals surface area contributed by atoms with Crippen molar-refractivity contribution < 1.29 is 9.66 Å².